The van der Waals surface area contributed by atoms with E-state index in [2.05, 4.69) is 55.2 Å². The summed E-state index contributed by atoms with van der Waals surface area (Å²) in [7, 11) is 0. The van der Waals surface area contributed by atoms with Gasteiger partial charge in [0.05, 0.1) is 5.54 Å². The molecule has 1 nitrogen and oxygen atoms in total. The Kier molecular flexibility index (Phi) is 1.90. The maximum Gasteiger partial charge on any atom is 0.0592 e. The average Bonchev–Trinajstić information content (AvgIpc) is 2.27. The van der Waals surface area contributed by atoms with Gasteiger partial charge in [-0.25, -0.2) is 0 Å². The summed E-state index contributed by atoms with van der Waals surface area (Å²) >= 11 is 0. The Labute approximate surface area is 95.8 Å². The van der Waals surface area contributed by atoms with Gasteiger partial charge in [0.1, 0.15) is 0 Å². The standard InChI is InChI=1S/C15H15N/c1-15(2)9-12-8-7-11-5-3-4-6-13(11)14(12)10-16-15/h3-8,10H,9H2,1-2H3. The molecule has 0 amide bonds. The third-order valence-corrected chi connectivity index (χ3v) is 3.23. The van der Waals surface area contributed by atoms with Crippen molar-refractivity contribution in [2.24, 2.45) is 4.99 Å². The van der Waals surface area contributed by atoms with Crippen LogP contribution in [0.25, 0.3) is 10.8 Å². The van der Waals surface area contributed by atoms with Gasteiger partial charge in [-0.05, 0) is 36.6 Å². The molecular weight excluding hydrogens is 194 g/mol. The van der Waals surface area contributed by atoms with Gasteiger partial charge < -0.3 is 0 Å². The maximum absolute atomic E-state index is 4.63. The van der Waals surface area contributed by atoms with E-state index in [9.17, 15) is 0 Å². The molecule has 0 unspecified atom stereocenters. The molecule has 1 heterocycles. The van der Waals surface area contributed by atoms with Crippen LogP contribution in [0.2, 0.25) is 0 Å². The summed E-state index contributed by atoms with van der Waals surface area (Å²) in [5.74, 6) is 0. The van der Waals surface area contributed by atoms with Crippen molar-refractivity contribution < 1.29 is 0 Å². The van der Waals surface area contributed by atoms with Crippen LogP contribution in [0, 0.1) is 0 Å². The van der Waals surface area contributed by atoms with E-state index >= 15 is 0 Å². The Bertz CT molecular complexity index is 579. The second-order valence-electron chi connectivity index (χ2n) is 5.11. The van der Waals surface area contributed by atoms with E-state index in [0.717, 1.165) is 6.42 Å². The van der Waals surface area contributed by atoms with Crippen molar-refractivity contribution in [3.63, 3.8) is 0 Å². The third kappa shape index (κ3) is 1.44. The van der Waals surface area contributed by atoms with Crippen molar-refractivity contribution in [2.75, 3.05) is 0 Å². The highest BCUT2D eigenvalue weighted by Crippen LogP contribution is 2.29. The molecule has 80 valence electrons. The SMILES string of the molecule is CC1(C)Cc2ccc3ccccc3c2C=N1. The number of hydrogen-bond acceptors (Lipinski definition) is 1. The van der Waals surface area contributed by atoms with Crippen molar-refractivity contribution >= 4 is 17.0 Å². The van der Waals surface area contributed by atoms with Gasteiger partial charge in [-0.2, -0.15) is 0 Å². The molecule has 0 saturated carbocycles. The molecule has 0 radical (unpaired) electrons. The summed E-state index contributed by atoms with van der Waals surface area (Å²) < 4.78 is 0. The van der Waals surface area contributed by atoms with Crippen molar-refractivity contribution in [3.05, 3.63) is 47.5 Å². The summed E-state index contributed by atoms with van der Waals surface area (Å²) in [4.78, 5) is 4.63. The van der Waals surface area contributed by atoms with Crippen molar-refractivity contribution in [3.8, 4) is 0 Å². The molecule has 3 rings (SSSR count). The zero-order valence-corrected chi connectivity index (χ0v) is 9.70. The Balaban J connectivity index is 2.29. The topological polar surface area (TPSA) is 12.4 Å². The molecule has 0 saturated heterocycles. The quantitative estimate of drug-likeness (QED) is 0.628. The van der Waals surface area contributed by atoms with E-state index in [1.807, 2.05) is 6.21 Å². The van der Waals surface area contributed by atoms with E-state index in [4.69, 9.17) is 0 Å². The second kappa shape index (κ2) is 3.18. The minimum atomic E-state index is 0.0510. The predicted molar refractivity (Wildman–Crippen MR) is 69.3 cm³/mol. The molecule has 0 aliphatic carbocycles. The zero-order valence-electron chi connectivity index (χ0n) is 9.70. The molecule has 0 aromatic heterocycles. The summed E-state index contributed by atoms with van der Waals surface area (Å²) in [6.07, 6.45) is 3.07. The van der Waals surface area contributed by atoms with Crippen molar-refractivity contribution in [1.29, 1.82) is 0 Å². The van der Waals surface area contributed by atoms with Crippen LogP contribution in [-0.4, -0.2) is 11.8 Å². The van der Waals surface area contributed by atoms with Crippen LogP contribution >= 0.6 is 0 Å². The Morgan fingerprint density at radius 1 is 1.06 bits per heavy atom. The summed E-state index contributed by atoms with van der Waals surface area (Å²) in [5.41, 5.74) is 2.77. The molecule has 1 heteroatoms. The minimum Gasteiger partial charge on any atom is -0.286 e. The van der Waals surface area contributed by atoms with Gasteiger partial charge in [-0.15, -0.1) is 0 Å². The fraction of sp³-hybridized carbons (Fsp3) is 0.267. The molecule has 0 spiro atoms. The van der Waals surface area contributed by atoms with Gasteiger partial charge in [-0.3, -0.25) is 4.99 Å². The number of benzene rings is 2. The molecule has 16 heavy (non-hydrogen) atoms. The van der Waals surface area contributed by atoms with Crippen LogP contribution < -0.4 is 0 Å². The molecule has 0 fully saturated rings. The van der Waals surface area contributed by atoms with Gasteiger partial charge in [0.15, 0.2) is 0 Å². The molecule has 2 aromatic rings. The summed E-state index contributed by atoms with van der Waals surface area (Å²) in [6, 6.07) is 13.0. The highest BCUT2D eigenvalue weighted by Gasteiger charge is 2.22. The van der Waals surface area contributed by atoms with E-state index < -0.39 is 0 Å². The average molecular weight is 209 g/mol. The lowest BCUT2D eigenvalue weighted by Gasteiger charge is -2.25. The summed E-state index contributed by atoms with van der Waals surface area (Å²) in [6.45, 7) is 4.36. The zero-order chi connectivity index (χ0) is 11.2. The molecule has 0 N–H and O–H groups in total. The van der Waals surface area contributed by atoms with Crippen LogP contribution in [0.1, 0.15) is 25.0 Å². The van der Waals surface area contributed by atoms with E-state index in [1.165, 1.54) is 21.9 Å². The summed E-state index contributed by atoms with van der Waals surface area (Å²) in [5, 5.41) is 2.62. The number of rotatable bonds is 0. The molecule has 0 atom stereocenters. The van der Waals surface area contributed by atoms with Crippen LogP contribution in [0.5, 0.6) is 0 Å². The minimum absolute atomic E-state index is 0.0510. The number of fused-ring (bicyclic) bond motifs is 3. The Morgan fingerprint density at radius 2 is 1.88 bits per heavy atom. The van der Waals surface area contributed by atoms with E-state index in [0.29, 0.717) is 0 Å². The first-order chi connectivity index (χ1) is 7.66. The van der Waals surface area contributed by atoms with Crippen LogP contribution in [-0.2, 0) is 6.42 Å². The fourth-order valence-corrected chi connectivity index (χ4v) is 2.40. The van der Waals surface area contributed by atoms with Gasteiger partial charge in [-0.1, -0.05) is 36.4 Å². The third-order valence-electron chi connectivity index (χ3n) is 3.23. The van der Waals surface area contributed by atoms with Gasteiger partial charge in [0, 0.05) is 11.8 Å². The first-order valence-corrected chi connectivity index (χ1v) is 5.72. The number of nitrogens with zero attached hydrogens (tertiary/aromatic N) is 1. The normalized spacial score (nSPS) is 17.4. The molecular formula is C15H15N. The second-order valence-corrected chi connectivity index (χ2v) is 5.11. The van der Waals surface area contributed by atoms with Gasteiger partial charge in [0.25, 0.3) is 0 Å². The lowest BCUT2D eigenvalue weighted by Crippen LogP contribution is -2.24. The van der Waals surface area contributed by atoms with Crippen molar-refractivity contribution in [1.82, 2.24) is 0 Å². The predicted octanol–water partition coefficient (Wildman–Crippen LogP) is 3.59. The van der Waals surface area contributed by atoms with Crippen LogP contribution in [0.4, 0.5) is 0 Å². The van der Waals surface area contributed by atoms with Crippen LogP contribution in [0.3, 0.4) is 0 Å². The lowest BCUT2D eigenvalue weighted by molar-refractivity contribution is 0.516. The Hall–Kier alpha value is -1.63. The number of aliphatic imine (C=N–C) groups is 1. The van der Waals surface area contributed by atoms with Crippen molar-refractivity contribution in [2.45, 2.75) is 25.8 Å². The van der Waals surface area contributed by atoms with E-state index in [-0.39, 0.29) is 5.54 Å². The highest BCUT2D eigenvalue weighted by atomic mass is 14.8. The maximum atomic E-state index is 4.63. The molecule has 2 aromatic carbocycles. The first kappa shape index (κ1) is 9.59. The highest BCUT2D eigenvalue weighted by molar-refractivity contribution is 6.02. The Morgan fingerprint density at radius 3 is 2.75 bits per heavy atom. The van der Waals surface area contributed by atoms with Crippen LogP contribution in [0.15, 0.2) is 41.4 Å². The first-order valence-electron chi connectivity index (χ1n) is 5.72. The number of hydrogen-bond donors (Lipinski definition) is 0. The molecule has 1 aliphatic heterocycles. The monoisotopic (exact) mass is 209 g/mol. The molecule has 0 bridgehead atoms. The molecule has 1 aliphatic rings. The smallest absolute Gasteiger partial charge is 0.0592 e. The van der Waals surface area contributed by atoms with Gasteiger partial charge in [0.2, 0.25) is 0 Å². The van der Waals surface area contributed by atoms with Gasteiger partial charge >= 0.3 is 0 Å². The van der Waals surface area contributed by atoms with E-state index in [1.54, 1.807) is 0 Å². The lowest BCUT2D eigenvalue weighted by atomic mass is 9.87. The fourth-order valence-electron chi connectivity index (χ4n) is 2.40. The largest absolute Gasteiger partial charge is 0.286 e.